The SMILES string of the molecule is CC(C)c1ccc(/C=C/C(=O)NCCS(C)(=O)=O)cc1. The van der Waals surface area contributed by atoms with Crippen molar-refractivity contribution >= 4 is 21.8 Å². The third kappa shape index (κ3) is 6.52. The van der Waals surface area contributed by atoms with Crippen molar-refractivity contribution in [2.24, 2.45) is 0 Å². The average molecular weight is 295 g/mol. The Morgan fingerprint density at radius 3 is 2.35 bits per heavy atom. The van der Waals surface area contributed by atoms with Crippen LogP contribution in [0.1, 0.15) is 30.9 Å². The molecule has 1 amide bonds. The fraction of sp³-hybridized carbons (Fsp3) is 0.400. The van der Waals surface area contributed by atoms with E-state index in [-0.39, 0.29) is 18.2 Å². The largest absolute Gasteiger partial charge is 0.352 e. The number of benzene rings is 1. The molecule has 0 spiro atoms. The number of rotatable bonds is 6. The second-order valence-corrected chi connectivity index (χ2v) is 7.34. The summed E-state index contributed by atoms with van der Waals surface area (Å²) in [5.74, 6) is 0.143. The van der Waals surface area contributed by atoms with Crippen LogP contribution in [0.25, 0.3) is 6.08 Å². The molecule has 110 valence electrons. The summed E-state index contributed by atoms with van der Waals surface area (Å²) in [6.45, 7) is 4.38. The smallest absolute Gasteiger partial charge is 0.244 e. The first kappa shape index (κ1) is 16.4. The fourth-order valence-electron chi connectivity index (χ4n) is 1.58. The molecule has 1 aromatic carbocycles. The molecule has 5 heteroatoms. The Balaban J connectivity index is 2.49. The lowest BCUT2D eigenvalue weighted by atomic mass is 10.0. The van der Waals surface area contributed by atoms with Gasteiger partial charge in [-0.2, -0.15) is 0 Å². The Kier molecular flexibility index (Phi) is 5.95. The first-order valence-corrected chi connectivity index (χ1v) is 8.57. The van der Waals surface area contributed by atoms with Crippen LogP contribution in [0.5, 0.6) is 0 Å². The van der Waals surface area contributed by atoms with Crippen LogP contribution in [0, 0.1) is 0 Å². The van der Waals surface area contributed by atoms with Gasteiger partial charge in [0.1, 0.15) is 9.84 Å². The zero-order valence-corrected chi connectivity index (χ0v) is 12.9. The van der Waals surface area contributed by atoms with Crippen molar-refractivity contribution in [2.75, 3.05) is 18.6 Å². The second kappa shape index (κ2) is 7.24. The van der Waals surface area contributed by atoms with Crippen molar-refractivity contribution in [2.45, 2.75) is 19.8 Å². The van der Waals surface area contributed by atoms with E-state index >= 15 is 0 Å². The maximum atomic E-state index is 11.5. The molecule has 0 fully saturated rings. The van der Waals surface area contributed by atoms with E-state index in [1.165, 1.54) is 11.6 Å². The zero-order valence-electron chi connectivity index (χ0n) is 12.1. The maximum Gasteiger partial charge on any atom is 0.244 e. The van der Waals surface area contributed by atoms with Crippen LogP contribution in [-0.4, -0.2) is 32.9 Å². The maximum absolute atomic E-state index is 11.5. The number of amides is 1. The van der Waals surface area contributed by atoms with Crippen LogP contribution in [0.3, 0.4) is 0 Å². The minimum atomic E-state index is -3.04. The van der Waals surface area contributed by atoms with Crippen molar-refractivity contribution < 1.29 is 13.2 Å². The van der Waals surface area contributed by atoms with Gasteiger partial charge in [0.15, 0.2) is 0 Å². The van der Waals surface area contributed by atoms with Gasteiger partial charge in [0.2, 0.25) is 5.91 Å². The molecule has 0 bridgehead atoms. The van der Waals surface area contributed by atoms with E-state index in [2.05, 4.69) is 19.2 Å². The van der Waals surface area contributed by atoms with Gasteiger partial charge in [-0.05, 0) is 23.1 Å². The molecule has 0 aliphatic rings. The van der Waals surface area contributed by atoms with E-state index in [1.54, 1.807) is 6.08 Å². The van der Waals surface area contributed by atoms with Crippen molar-refractivity contribution in [1.82, 2.24) is 5.32 Å². The van der Waals surface area contributed by atoms with Gasteiger partial charge in [-0.25, -0.2) is 8.42 Å². The van der Waals surface area contributed by atoms with E-state index in [9.17, 15) is 13.2 Å². The topological polar surface area (TPSA) is 63.2 Å². The molecule has 4 nitrogen and oxygen atoms in total. The minimum Gasteiger partial charge on any atom is -0.352 e. The molecule has 0 saturated carbocycles. The molecule has 0 aromatic heterocycles. The highest BCUT2D eigenvalue weighted by molar-refractivity contribution is 7.90. The molecule has 1 rings (SSSR count). The molecular weight excluding hydrogens is 274 g/mol. The molecule has 0 unspecified atom stereocenters. The summed E-state index contributed by atoms with van der Waals surface area (Å²) in [4.78, 5) is 11.5. The lowest BCUT2D eigenvalue weighted by Gasteiger charge is -2.04. The van der Waals surface area contributed by atoms with E-state index < -0.39 is 9.84 Å². The number of hydrogen-bond donors (Lipinski definition) is 1. The third-order valence-electron chi connectivity index (χ3n) is 2.80. The Morgan fingerprint density at radius 1 is 1.25 bits per heavy atom. The van der Waals surface area contributed by atoms with Crippen molar-refractivity contribution in [3.05, 3.63) is 41.5 Å². The van der Waals surface area contributed by atoms with Gasteiger partial charge < -0.3 is 5.32 Å². The first-order valence-electron chi connectivity index (χ1n) is 6.51. The molecule has 1 N–H and O–H groups in total. The number of sulfone groups is 1. The standard InChI is InChI=1S/C15H21NO3S/c1-12(2)14-7-4-13(5-8-14)6-9-15(17)16-10-11-20(3,18)19/h4-9,12H,10-11H2,1-3H3,(H,16,17)/b9-6+. The minimum absolute atomic E-state index is 0.0460. The van der Waals surface area contributed by atoms with E-state index in [4.69, 9.17) is 0 Å². The summed E-state index contributed by atoms with van der Waals surface area (Å²) in [7, 11) is -3.04. The molecule has 1 aromatic rings. The predicted octanol–water partition coefficient (Wildman–Crippen LogP) is 1.98. The summed E-state index contributed by atoms with van der Waals surface area (Å²) in [5.41, 5.74) is 2.19. The number of carbonyl (C=O) groups is 1. The van der Waals surface area contributed by atoms with Crippen molar-refractivity contribution in [3.63, 3.8) is 0 Å². The second-order valence-electron chi connectivity index (χ2n) is 5.08. The van der Waals surface area contributed by atoms with Gasteiger partial charge in [0.25, 0.3) is 0 Å². The van der Waals surface area contributed by atoms with Crippen LogP contribution in [0.2, 0.25) is 0 Å². The summed E-state index contributed by atoms with van der Waals surface area (Å²) < 4.78 is 21.8. The Labute approximate surface area is 120 Å². The highest BCUT2D eigenvalue weighted by atomic mass is 32.2. The molecule has 0 atom stereocenters. The van der Waals surface area contributed by atoms with Gasteiger partial charge in [-0.1, -0.05) is 38.1 Å². The molecule has 0 heterocycles. The normalized spacial score (nSPS) is 12.0. The Bertz CT molecular complexity index is 572. The molecule has 20 heavy (non-hydrogen) atoms. The summed E-state index contributed by atoms with van der Waals surface area (Å²) in [6, 6.07) is 7.98. The molecule has 0 aliphatic carbocycles. The molecule has 0 saturated heterocycles. The fourth-order valence-corrected chi connectivity index (χ4v) is 2.06. The van der Waals surface area contributed by atoms with Crippen LogP contribution in [0.4, 0.5) is 0 Å². The lowest BCUT2D eigenvalue weighted by Crippen LogP contribution is -2.27. The van der Waals surface area contributed by atoms with Crippen LogP contribution < -0.4 is 5.32 Å². The Hall–Kier alpha value is -1.62. The predicted molar refractivity (Wildman–Crippen MR) is 82.3 cm³/mol. The average Bonchev–Trinajstić information content (AvgIpc) is 2.35. The third-order valence-corrected chi connectivity index (χ3v) is 3.75. The van der Waals surface area contributed by atoms with E-state index in [0.717, 1.165) is 11.8 Å². The summed E-state index contributed by atoms with van der Waals surface area (Å²) in [6.07, 6.45) is 4.26. The molecule has 0 radical (unpaired) electrons. The van der Waals surface area contributed by atoms with Crippen LogP contribution in [-0.2, 0) is 14.6 Å². The number of hydrogen-bond acceptors (Lipinski definition) is 3. The van der Waals surface area contributed by atoms with E-state index in [0.29, 0.717) is 5.92 Å². The van der Waals surface area contributed by atoms with Gasteiger partial charge >= 0.3 is 0 Å². The first-order chi connectivity index (χ1) is 9.28. The van der Waals surface area contributed by atoms with Gasteiger partial charge in [0, 0.05) is 18.9 Å². The van der Waals surface area contributed by atoms with Crippen molar-refractivity contribution in [1.29, 1.82) is 0 Å². The van der Waals surface area contributed by atoms with Gasteiger partial charge in [-0.15, -0.1) is 0 Å². The monoisotopic (exact) mass is 295 g/mol. The van der Waals surface area contributed by atoms with Gasteiger partial charge in [0.05, 0.1) is 5.75 Å². The number of nitrogens with one attached hydrogen (secondary N) is 1. The van der Waals surface area contributed by atoms with Crippen LogP contribution in [0.15, 0.2) is 30.3 Å². The summed E-state index contributed by atoms with van der Waals surface area (Å²) >= 11 is 0. The van der Waals surface area contributed by atoms with Crippen LogP contribution >= 0.6 is 0 Å². The molecular formula is C15H21NO3S. The van der Waals surface area contributed by atoms with E-state index in [1.807, 2.05) is 24.3 Å². The lowest BCUT2D eigenvalue weighted by molar-refractivity contribution is -0.116. The summed E-state index contributed by atoms with van der Waals surface area (Å²) in [5, 5.41) is 2.53. The van der Waals surface area contributed by atoms with Crippen molar-refractivity contribution in [3.8, 4) is 0 Å². The number of carbonyl (C=O) groups excluding carboxylic acids is 1. The quantitative estimate of drug-likeness (QED) is 0.816. The Morgan fingerprint density at radius 2 is 1.85 bits per heavy atom. The highest BCUT2D eigenvalue weighted by Crippen LogP contribution is 2.15. The molecule has 0 aliphatic heterocycles. The highest BCUT2D eigenvalue weighted by Gasteiger charge is 2.02. The zero-order chi connectivity index (χ0) is 15.2. The van der Waals surface area contributed by atoms with Gasteiger partial charge in [-0.3, -0.25) is 4.79 Å².